The highest BCUT2D eigenvalue weighted by Gasteiger charge is 2.39. The lowest BCUT2D eigenvalue weighted by Gasteiger charge is -2.29. The molecule has 5 nitrogen and oxygen atoms in total. The minimum absolute atomic E-state index is 0.180. The first kappa shape index (κ1) is 25.1. The molecule has 2 aliphatic rings. The van der Waals surface area contributed by atoms with E-state index in [1.165, 1.54) is 22.3 Å². The minimum atomic E-state index is -5.08. The number of fused-ring (bicyclic) bond motifs is 1. The van der Waals surface area contributed by atoms with Crippen LogP contribution in [0.4, 0.5) is 13.2 Å². The lowest BCUT2D eigenvalue weighted by atomic mass is 9.85. The summed E-state index contributed by atoms with van der Waals surface area (Å²) in [6, 6.07) is 15.7. The first-order valence-corrected chi connectivity index (χ1v) is 10.9. The van der Waals surface area contributed by atoms with Crippen molar-refractivity contribution in [3.63, 3.8) is 0 Å². The first-order chi connectivity index (χ1) is 15.5. The number of rotatable bonds is 5. The van der Waals surface area contributed by atoms with Gasteiger partial charge in [-0.25, -0.2) is 4.79 Å². The van der Waals surface area contributed by atoms with E-state index in [1.54, 1.807) is 0 Å². The van der Waals surface area contributed by atoms with Crippen molar-refractivity contribution in [1.82, 2.24) is 5.32 Å². The van der Waals surface area contributed by atoms with E-state index in [2.05, 4.69) is 68.6 Å². The molecule has 0 radical (unpaired) electrons. The molecule has 0 bridgehead atoms. The fraction of sp³-hybridized carbons (Fsp3) is 0.480. The van der Waals surface area contributed by atoms with E-state index in [1.807, 2.05) is 0 Å². The van der Waals surface area contributed by atoms with Crippen molar-refractivity contribution >= 4 is 5.97 Å². The van der Waals surface area contributed by atoms with Gasteiger partial charge in [0.25, 0.3) is 0 Å². The van der Waals surface area contributed by atoms with Crippen molar-refractivity contribution in [3.05, 3.63) is 64.7 Å². The van der Waals surface area contributed by atoms with Crippen LogP contribution in [0.1, 0.15) is 48.6 Å². The molecule has 2 N–H and O–H groups in total. The number of halogens is 3. The summed E-state index contributed by atoms with van der Waals surface area (Å²) in [6.07, 6.45) is -2.80. The maximum absolute atomic E-state index is 10.6. The van der Waals surface area contributed by atoms with E-state index < -0.39 is 12.1 Å². The van der Waals surface area contributed by atoms with Crippen molar-refractivity contribution in [2.45, 2.75) is 58.5 Å². The second kappa shape index (κ2) is 10.1. The van der Waals surface area contributed by atoms with Crippen molar-refractivity contribution < 1.29 is 32.5 Å². The Kier molecular flexibility index (Phi) is 7.69. The average Bonchev–Trinajstić information content (AvgIpc) is 3.32. The largest absolute Gasteiger partial charge is 0.490 e. The number of carboxylic acids is 1. The molecule has 0 aromatic heterocycles. The van der Waals surface area contributed by atoms with Crippen molar-refractivity contribution in [1.29, 1.82) is 0 Å². The topological polar surface area (TPSA) is 67.8 Å². The lowest BCUT2D eigenvalue weighted by molar-refractivity contribution is -0.192. The highest BCUT2D eigenvalue weighted by Crippen LogP contribution is 2.45. The number of nitrogens with one attached hydrogen (secondary N) is 1. The molecule has 0 saturated carbocycles. The Morgan fingerprint density at radius 3 is 2.58 bits per heavy atom. The molecule has 2 aromatic carbocycles. The second-order valence-corrected chi connectivity index (χ2v) is 9.20. The molecule has 1 aliphatic heterocycles. The van der Waals surface area contributed by atoms with Crippen LogP contribution in [0, 0.1) is 12.3 Å². The fourth-order valence-corrected chi connectivity index (χ4v) is 4.29. The van der Waals surface area contributed by atoms with Gasteiger partial charge in [0.05, 0.1) is 13.2 Å². The number of ether oxygens (including phenoxy) is 2. The molecule has 1 heterocycles. The molecule has 2 aromatic rings. The molecule has 2 unspecified atom stereocenters. The Balaban J connectivity index is 0.000000383. The van der Waals surface area contributed by atoms with Gasteiger partial charge in [-0.05, 0) is 41.5 Å². The molecule has 1 aliphatic carbocycles. The van der Waals surface area contributed by atoms with Gasteiger partial charge in [0.2, 0.25) is 0 Å². The highest BCUT2D eigenvalue weighted by molar-refractivity contribution is 5.73. The predicted molar refractivity (Wildman–Crippen MR) is 118 cm³/mol. The molecule has 33 heavy (non-hydrogen) atoms. The molecular weight excluding hydrogens is 435 g/mol. The number of aryl methyl sites for hydroxylation is 1. The molecule has 1 saturated heterocycles. The summed E-state index contributed by atoms with van der Waals surface area (Å²) < 4.78 is 43.5. The van der Waals surface area contributed by atoms with Crippen LogP contribution in [-0.2, 0) is 22.5 Å². The standard InChI is InChI=1S/C23H29NO2.C2HF3O2/c1-16-8-9-18(21(12-16)26-19-10-11-25-15-19)14-24-22-20-7-5-4-6-17(20)13-23(22,2)3;3-2(4,5)1(6)7/h4-9,12,19,22,24H,10-11,13-15H2,1-3H3;(H,6,7). The Morgan fingerprint density at radius 1 is 1.24 bits per heavy atom. The smallest absolute Gasteiger partial charge is 0.488 e. The number of aliphatic carboxylic acids is 1. The van der Waals surface area contributed by atoms with Crippen molar-refractivity contribution in [2.75, 3.05) is 13.2 Å². The summed E-state index contributed by atoms with van der Waals surface area (Å²) in [5.41, 5.74) is 5.58. The van der Waals surface area contributed by atoms with E-state index in [0.29, 0.717) is 12.6 Å². The SMILES string of the molecule is Cc1ccc(CNC2c3ccccc3CC2(C)C)c(OC2CCOC2)c1.O=C(O)C(F)(F)F. The fourth-order valence-electron chi connectivity index (χ4n) is 4.29. The molecule has 1 fully saturated rings. The summed E-state index contributed by atoms with van der Waals surface area (Å²) in [5.74, 6) is -1.76. The Hall–Kier alpha value is -2.58. The van der Waals surface area contributed by atoms with Gasteiger partial charge >= 0.3 is 12.1 Å². The molecule has 4 rings (SSSR count). The third-order valence-electron chi connectivity index (χ3n) is 5.94. The molecule has 2 atom stereocenters. The highest BCUT2D eigenvalue weighted by atomic mass is 19.4. The zero-order valence-corrected chi connectivity index (χ0v) is 19.0. The number of alkyl halides is 3. The zero-order valence-electron chi connectivity index (χ0n) is 19.0. The van der Waals surface area contributed by atoms with Gasteiger partial charge in [-0.3, -0.25) is 0 Å². The monoisotopic (exact) mass is 465 g/mol. The van der Waals surface area contributed by atoms with Crippen molar-refractivity contribution in [2.24, 2.45) is 5.41 Å². The number of hydrogen-bond donors (Lipinski definition) is 2. The Bertz CT molecular complexity index is 968. The molecule has 0 spiro atoms. The van der Waals surface area contributed by atoms with Gasteiger partial charge in [-0.1, -0.05) is 50.2 Å². The van der Waals surface area contributed by atoms with E-state index >= 15 is 0 Å². The van der Waals surface area contributed by atoms with Gasteiger partial charge in [0.1, 0.15) is 11.9 Å². The van der Waals surface area contributed by atoms with Gasteiger partial charge < -0.3 is 19.9 Å². The quantitative estimate of drug-likeness (QED) is 0.635. The lowest BCUT2D eigenvalue weighted by Crippen LogP contribution is -2.31. The third kappa shape index (κ3) is 6.48. The summed E-state index contributed by atoms with van der Waals surface area (Å²) >= 11 is 0. The Morgan fingerprint density at radius 2 is 1.94 bits per heavy atom. The number of carbonyl (C=O) groups is 1. The summed E-state index contributed by atoms with van der Waals surface area (Å²) in [7, 11) is 0. The predicted octanol–water partition coefficient (Wildman–Crippen LogP) is 5.21. The van der Waals surface area contributed by atoms with E-state index in [0.717, 1.165) is 31.7 Å². The van der Waals surface area contributed by atoms with Crippen LogP contribution < -0.4 is 10.1 Å². The number of benzene rings is 2. The Labute approximate surface area is 191 Å². The summed E-state index contributed by atoms with van der Waals surface area (Å²) in [4.78, 5) is 8.90. The van der Waals surface area contributed by atoms with E-state index in [-0.39, 0.29) is 11.5 Å². The summed E-state index contributed by atoms with van der Waals surface area (Å²) in [5, 5.41) is 10.9. The van der Waals surface area contributed by atoms with Gasteiger partial charge in [0.15, 0.2) is 0 Å². The van der Waals surface area contributed by atoms with Gasteiger partial charge in [0, 0.05) is 24.6 Å². The van der Waals surface area contributed by atoms with E-state index in [4.69, 9.17) is 19.4 Å². The third-order valence-corrected chi connectivity index (χ3v) is 5.94. The normalized spacial score (nSPS) is 21.2. The number of carboxylic acid groups (broad SMARTS) is 1. The van der Waals surface area contributed by atoms with Crippen LogP contribution in [0.25, 0.3) is 0 Å². The molecule has 180 valence electrons. The van der Waals surface area contributed by atoms with Crippen LogP contribution >= 0.6 is 0 Å². The second-order valence-electron chi connectivity index (χ2n) is 9.20. The van der Waals surface area contributed by atoms with Crippen molar-refractivity contribution in [3.8, 4) is 5.75 Å². The van der Waals surface area contributed by atoms with Crippen LogP contribution in [-0.4, -0.2) is 36.6 Å². The molecular formula is C25H30F3NO4. The average molecular weight is 466 g/mol. The minimum Gasteiger partial charge on any atom is -0.488 e. The van der Waals surface area contributed by atoms with Crippen LogP contribution in [0.15, 0.2) is 42.5 Å². The maximum atomic E-state index is 10.6. The first-order valence-electron chi connectivity index (χ1n) is 10.9. The van der Waals surface area contributed by atoms with Gasteiger partial charge in [-0.15, -0.1) is 0 Å². The summed E-state index contributed by atoms with van der Waals surface area (Å²) in [6.45, 7) is 9.14. The van der Waals surface area contributed by atoms with E-state index in [9.17, 15) is 13.2 Å². The van der Waals surface area contributed by atoms with Crippen LogP contribution in [0.3, 0.4) is 0 Å². The molecule has 8 heteroatoms. The van der Waals surface area contributed by atoms with Crippen LogP contribution in [0.2, 0.25) is 0 Å². The number of hydrogen-bond acceptors (Lipinski definition) is 4. The van der Waals surface area contributed by atoms with Crippen LogP contribution in [0.5, 0.6) is 5.75 Å². The zero-order chi connectivity index (χ0) is 24.2. The molecule has 0 amide bonds. The van der Waals surface area contributed by atoms with Gasteiger partial charge in [-0.2, -0.15) is 13.2 Å². The maximum Gasteiger partial charge on any atom is 0.490 e.